The van der Waals surface area contributed by atoms with Crippen LogP contribution >= 0.6 is 0 Å². The molecule has 8 heteroatoms. The molecule has 0 unspecified atom stereocenters. The summed E-state index contributed by atoms with van der Waals surface area (Å²) in [5.41, 5.74) is 1.75. The Balaban J connectivity index is 1.99. The summed E-state index contributed by atoms with van der Waals surface area (Å²) >= 11 is 0. The summed E-state index contributed by atoms with van der Waals surface area (Å²) < 4.78 is 7.48. The highest BCUT2D eigenvalue weighted by Gasteiger charge is 2.28. The largest absolute Gasteiger partial charge is 0.483 e. The molecule has 2 heterocycles. The van der Waals surface area contributed by atoms with Crippen molar-refractivity contribution in [1.82, 2.24) is 4.57 Å². The first-order valence-electron chi connectivity index (χ1n) is 8.75. The van der Waals surface area contributed by atoms with Crippen molar-refractivity contribution in [3.8, 4) is 11.8 Å². The van der Waals surface area contributed by atoms with Crippen LogP contribution in [-0.2, 0) is 11.3 Å². The van der Waals surface area contributed by atoms with Crippen LogP contribution in [0.25, 0.3) is 5.70 Å². The molecule has 1 aromatic heterocycles. The lowest BCUT2D eigenvalue weighted by Gasteiger charge is -2.31. The van der Waals surface area contributed by atoms with Gasteiger partial charge in [-0.05, 0) is 56.5 Å². The standard InChI is InChI=1S/C20H19N3O5/c1-20(2)11-17(16-10-15(12-21)5-7-18(16)28-20)22-13-14(6-8-19(22)24)4-3-9-27-23(25)26/h5-8,10-11,13H,3-4,9H2,1-2H3. The van der Waals surface area contributed by atoms with Gasteiger partial charge in [-0.3, -0.25) is 9.36 Å². The van der Waals surface area contributed by atoms with Crippen molar-refractivity contribution < 1.29 is 14.7 Å². The molecule has 0 amide bonds. The summed E-state index contributed by atoms with van der Waals surface area (Å²) in [5, 5.41) is 18.6. The van der Waals surface area contributed by atoms with Crippen LogP contribution in [0.2, 0.25) is 0 Å². The number of aromatic nitrogens is 1. The van der Waals surface area contributed by atoms with E-state index < -0.39 is 10.7 Å². The van der Waals surface area contributed by atoms with Gasteiger partial charge in [-0.25, -0.2) is 0 Å². The molecular weight excluding hydrogens is 362 g/mol. The second-order valence-electron chi connectivity index (χ2n) is 6.96. The number of nitrogens with zero attached hydrogens (tertiary/aromatic N) is 3. The third kappa shape index (κ3) is 4.20. The lowest BCUT2D eigenvalue weighted by Crippen LogP contribution is -2.32. The summed E-state index contributed by atoms with van der Waals surface area (Å²) in [6.45, 7) is 3.76. The minimum absolute atomic E-state index is 0.00986. The third-order valence-corrected chi connectivity index (χ3v) is 4.28. The predicted molar refractivity (Wildman–Crippen MR) is 101 cm³/mol. The van der Waals surface area contributed by atoms with Crippen LogP contribution in [0.5, 0.6) is 5.75 Å². The number of pyridine rings is 1. The molecule has 28 heavy (non-hydrogen) atoms. The van der Waals surface area contributed by atoms with Gasteiger partial charge in [0.15, 0.2) is 0 Å². The number of hydrogen-bond donors (Lipinski definition) is 0. The smallest absolute Gasteiger partial charge is 0.294 e. The second-order valence-corrected chi connectivity index (χ2v) is 6.96. The van der Waals surface area contributed by atoms with Gasteiger partial charge in [0.05, 0.1) is 23.9 Å². The van der Waals surface area contributed by atoms with Crippen LogP contribution < -0.4 is 10.3 Å². The molecule has 1 aromatic carbocycles. The van der Waals surface area contributed by atoms with E-state index in [4.69, 9.17) is 4.74 Å². The van der Waals surface area contributed by atoms with Gasteiger partial charge in [0.1, 0.15) is 11.4 Å². The number of rotatable bonds is 6. The summed E-state index contributed by atoms with van der Waals surface area (Å²) in [7, 11) is 0. The summed E-state index contributed by atoms with van der Waals surface area (Å²) in [5.74, 6) is 0.596. The van der Waals surface area contributed by atoms with E-state index in [-0.39, 0.29) is 12.2 Å². The van der Waals surface area contributed by atoms with Crippen molar-refractivity contribution in [1.29, 1.82) is 5.26 Å². The summed E-state index contributed by atoms with van der Waals surface area (Å²) in [6.07, 6.45) is 4.52. The highest BCUT2D eigenvalue weighted by molar-refractivity contribution is 5.74. The first kappa shape index (κ1) is 19.2. The molecular formula is C20H19N3O5. The van der Waals surface area contributed by atoms with Gasteiger partial charge in [-0.1, -0.05) is 6.07 Å². The molecule has 0 bridgehead atoms. The lowest BCUT2D eigenvalue weighted by molar-refractivity contribution is -0.757. The van der Waals surface area contributed by atoms with E-state index >= 15 is 0 Å². The minimum atomic E-state index is -0.820. The average molecular weight is 381 g/mol. The van der Waals surface area contributed by atoms with Gasteiger partial charge in [-0.15, -0.1) is 10.1 Å². The van der Waals surface area contributed by atoms with Crippen LogP contribution in [0.4, 0.5) is 0 Å². The highest BCUT2D eigenvalue weighted by Crippen LogP contribution is 2.36. The molecule has 0 radical (unpaired) electrons. The van der Waals surface area contributed by atoms with E-state index in [1.165, 1.54) is 10.6 Å². The van der Waals surface area contributed by atoms with Crippen molar-refractivity contribution in [2.45, 2.75) is 32.3 Å². The first-order valence-corrected chi connectivity index (χ1v) is 8.75. The normalized spacial score (nSPS) is 14.2. The minimum Gasteiger partial charge on any atom is -0.483 e. The van der Waals surface area contributed by atoms with E-state index in [9.17, 15) is 20.2 Å². The molecule has 0 atom stereocenters. The molecule has 8 nitrogen and oxygen atoms in total. The molecule has 2 aromatic rings. The molecule has 0 spiro atoms. The highest BCUT2D eigenvalue weighted by atomic mass is 16.9. The van der Waals surface area contributed by atoms with Gasteiger partial charge in [0.2, 0.25) is 0 Å². The topological polar surface area (TPSA) is 107 Å². The van der Waals surface area contributed by atoms with Crippen LogP contribution in [0, 0.1) is 21.4 Å². The molecule has 1 aliphatic rings. The van der Waals surface area contributed by atoms with Gasteiger partial charge >= 0.3 is 0 Å². The molecule has 1 aliphatic heterocycles. The number of nitriles is 1. The molecule has 0 saturated carbocycles. The van der Waals surface area contributed by atoms with Crippen LogP contribution in [0.15, 0.2) is 47.4 Å². The fraction of sp³-hybridized carbons (Fsp3) is 0.300. The number of ether oxygens (including phenoxy) is 1. The van der Waals surface area contributed by atoms with E-state index in [1.54, 1.807) is 30.5 Å². The molecule has 144 valence electrons. The van der Waals surface area contributed by atoms with Gasteiger partial charge < -0.3 is 9.57 Å². The Morgan fingerprint density at radius 3 is 2.82 bits per heavy atom. The maximum Gasteiger partial charge on any atom is 0.294 e. The summed E-state index contributed by atoms with van der Waals surface area (Å²) in [6, 6.07) is 10.4. The van der Waals surface area contributed by atoms with Crippen LogP contribution in [0.1, 0.15) is 37.0 Å². The fourth-order valence-corrected chi connectivity index (χ4v) is 3.09. The zero-order valence-corrected chi connectivity index (χ0v) is 15.5. The zero-order chi connectivity index (χ0) is 20.3. The van der Waals surface area contributed by atoms with Crippen molar-refractivity contribution in [2.24, 2.45) is 0 Å². The molecule has 3 rings (SSSR count). The number of benzene rings is 1. The Labute approximate surface area is 161 Å². The fourth-order valence-electron chi connectivity index (χ4n) is 3.09. The van der Waals surface area contributed by atoms with Crippen molar-refractivity contribution >= 4 is 5.70 Å². The number of hydrogen-bond acceptors (Lipinski definition) is 6. The monoisotopic (exact) mass is 381 g/mol. The average Bonchev–Trinajstić information content (AvgIpc) is 2.64. The van der Waals surface area contributed by atoms with E-state index in [0.29, 0.717) is 35.4 Å². The second kappa shape index (κ2) is 7.56. The SMILES string of the molecule is CC1(C)C=C(n2cc(CCCO[N+](=O)[O-])ccc2=O)c2cc(C#N)ccc2O1. The lowest BCUT2D eigenvalue weighted by atomic mass is 9.97. The first-order chi connectivity index (χ1) is 13.3. The van der Waals surface area contributed by atoms with Crippen molar-refractivity contribution in [3.05, 3.63) is 79.8 Å². The summed E-state index contributed by atoms with van der Waals surface area (Å²) in [4.78, 5) is 27.1. The van der Waals surface area contributed by atoms with Gasteiger partial charge in [0.25, 0.3) is 10.6 Å². The third-order valence-electron chi connectivity index (χ3n) is 4.28. The Morgan fingerprint density at radius 2 is 2.11 bits per heavy atom. The molecule has 0 fully saturated rings. The van der Waals surface area contributed by atoms with E-state index in [0.717, 1.165) is 5.56 Å². The zero-order valence-electron chi connectivity index (χ0n) is 15.5. The van der Waals surface area contributed by atoms with E-state index in [1.807, 2.05) is 19.9 Å². The van der Waals surface area contributed by atoms with Crippen molar-refractivity contribution in [3.63, 3.8) is 0 Å². The molecule has 0 saturated heterocycles. The van der Waals surface area contributed by atoms with Crippen LogP contribution in [0.3, 0.4) is 0 Å². The number of aryl methyl sites for hydroxylation is 1. The number of fused-ring (bicyclic) bond motifs is 1. The van der Waals surface area contributed by atoms with Gasteiger partial charge in [-0.2, -0.15) is 5.26 Å². The van der Waals surface area contributed by atoms with Gasteiger partial charge in [0, 0.05) is 17.8 Å². The molecule has 0 aliphatic carbocycles. The Kier molecular flexibility index (Phi) is 5.18. The molecule has 0 N–H and O–H groups in total. The van der Waals surface area contributed by atoms with Crippen molar-refractivity contribution in [2.75, 3.05) is 6.61 Å². The maximum atomic E-state index is 12.6. The Bertz CT molecular complexity index is 1050. The Morgan fingerprint density at radius 1 is 1.32 bits per heavy atom. The van der Waals surface area contributed by atoms with E-state index in [2.05, 4.69) is 10.9 Å². The Hall–Kier alpha value is -3.60. The quantitative estimate of drug-likeness (QED) is 0.432. The van der Waals surface area contributed by atoms with Crippen LogP contribution in [-0.4, -0.2) is 21.9 Å². The maximum absolute atomic E-state index is 12.6. The predicted octanol–water partition coefficient (Wildman–Crippen LogP) is 2.92.